The Kier molecular flexibility index (Phi) is 9.75. The summed E-state index contributed by atoms with van der Waals surface area (Å²) in [7, 11) is 4.17. The van der Waals surface area contributed by atoms with E-state index in [4.69, 9.17) is 11.6 Å². The van der Waals surface area contributed by atoms with Crippen molar-refractivity contribution >= 4 is 23.2 Å². The second-order valence-corrected chi connectivity index (χ2v) is 19.1. The van der Waals surface area contributed by atoms with E-state index in [0.717, 1.165) is 67.8 Å². The van der Waals surface area contributed by atoms with E-state index >= 15 is 0 Å². The Morgan fingerprint density at radius 1 is 0.938 bits per heavy atom. The Bertz CT molecular complexity index is 1430. The van der Waals surface area contributed by atoms with Crippen molar-refractivity contribution < 1.29 is 14.7 Å². The standard InChI is InChI=1S/C42H63ClN2O3/c1-26(2)37-32(46)22-29-30(33(47)25-45(21-20-44(8)9)24-27-10-12-28(43)13-11-27)23-42(7)31(38(29)37)14-15-35-40(5)18-17-36(48)39(3,4)34(40)16-19-41(35,42)6/h10-13,26,29-31,34-36,48H,14-25H2,1-9H3/t29?,30-,31+,34-,35+,36-,40-,41+,42+/m0/s1. The molecule has 5 aliphatic rings. The van der Waals surface area contributed by atoms with Crippen LogP contribution in [0.5, 0.6) is 0 Å². The molecule has 0 radical (unpaired) electrons. The average Bonchev–Trinajstić information content (AvgIpc) is 3.36. The summed E-state index contributed by atoms with van der Waals surface area (Å²) in [5.74, 6) is 2.10. The number of benzene rings is 1. The predicted octanol–water partition coefficient (Wildman–Crippen LogP) is 8.47. The van der Waals surface area contributed by atoms with Crippen LogP contribution in [0.3, 0.4) is 0 Å². The van der Waals surface area contributed by atoms with E-state index in [-0.39, 0.29) is 45.5 Å². The van der Waals surface area contributed by atoms with Gasteiger partial charge in [-0.25, -0.2) is 0 Å². The van der Waals surface area contributed by atoms with Crippen LogP contribution in [-0.4, -0.2) is 66.3 Å². The van der Waals surface area contributed by atoms with Gasteiger partial charge in [0.2, 0.25) is 0 Å². The summed E-state index contributed by atoms with van der Waals surface area (Å²) in [6.45, 7) is 19.5. The minimum Gasteiger partial charge on any atom is -0.393 e. The normalized spacial score (nSPS) is 39.0. The molecule has 1 unspecified atom stereocenters. The van der Waals surface area contributed by atoms with Gasteiger partial charge in [0.25, 0.3) is 0 Å². The number of Topliss-reactive ketones (excluding diaryl/α,β-unsaturated/α-hetero) is 2. The molecule has 1 aromatic carbocycles. The minimum absolute atomic E-state index is 0.0440. The van der Waals surface area contributed by atoms with E-state index in [1.165, 1.54) is 12.0 Å². The topological polar surface area (TPSA) is 60.9 Å². The molecule has 1 N–H and O–H groups in total. The zero-order valence-electron chi connectivity index (χ0n) is 31.4. The molecule has 5 aliphatic carbocycles. The zero-order valence-corrected chi connectivity index (χ0v) is 32.1. The lowest BCUT2D eigenvalue weighted by Crippen LogP contribution is -2.66. The van der Waals surface area contributed by atoms with E-state index in [9.17, 15) is 14.7 Å². The maximum absolute atomic E-state index is 14.9. The van der Waals surface area contributed by atoms with Crippen molar-refractivity contribution in [3.05, 3.63) is 46.0 Å². The van der Waals surface area contributed by atoms with Gasteiger partial charge in [-0.1, -0.05) is 77.8 Å². The second-order valence-electron chi connectivity index (χ2n) is 18.7. The van der Waals surface area contributed by atoms with E-state index in [1.54, 1.807) is 0 Å². The monoisotopic (exact) mass is 678 g/mol. The molecule has 0 aliphatic heterocycles. The van der Waals surface area contributed by atoms with Crippen LogP contribution < -0.4 is 0 Å². The van der Waals surface area contributed by atoms with Crippen LogP contribution in [0.2, 0.25) is 5.02 Å². The molecule has 48 heavy (non-hydrogen) atoms. The fraction of sp³-hybridized carbons (Fsp3) is 0.762. The molecule has 5 nitrogen and oxygen atoms in total. The molecule has 4 fully saturated rings. The Morgan fingerprint density at radius 2 is 1.62 bits per heavy atom. The van der Waals surface area contributed by atoms with Crippen molar-refractivity contribution in [2.75, 3.05) is 33.7 Å². The van der Waals surface area contributed by atoms with Gasteiger partial charge in [-0.05, 0) is 134 Å². The van der Waals surface area contributed by atoms with Gasteiger partial charge in [0, 0.05) is 37.0 Å². The van der Waals surface area contributed by atoms with Gasteiger partial charge in [-0.2, -0.15) is 0 Å². The third-order valence-electron chi connectivity index (χ3n) is 15.3. The van der Waals surface area contributed by atoms with Crippen LogP contribution in [0.1, 0.15) is 105 Å². The number of rotatable bonds is 9. The number of ketones is 2. The number of carbonyl (C=O) groups excluding carboxylic acids is 2. The molecule has 6 rings (SSSR count). The summed E-state index contributed by atoms with van der Waals surface area (Å²) < 4.78 is 0. The highest BCUT2D eigenvalue weighted by Gasteiger charge is 2.69. The largest absolute Gasteiger partial charge is 0.393 e. The Balaban J connectivity index is 1.37. The highest BCUT2D eigenvalue weighted by Crippen LogP contribution is 2.76. The van der Waals surface area contributed by atoms with Gasteiger partial charge < -0.3 is 10.0 Å². The zero-order chi connectivity index (χ0) is 35.0. The number of aliphatic hydroxyl groups is 1. The molecule has 0 bridgehead atoms. The number of halogens is 1. The number of fused-ring (bicyclic) bond motifs is 7. The van der Waals surface area contributed by atoms with E-state index in [2.05, 4.69) is 84.5 Å². The number of hydrogen-bond donors (Lipinski definition) is 1. The highest BCUT2D eigenvalue weighted by molar-refractivity contribution is 6.30. The number of carbonyl (C=O) groups is 2. The maximum atomic E-state index is 14.9. The van der Waals surface area contributed by atoms with E-state index in [1.807, 2.05) is 12.1 Å². The molecule has 0 saturated heterocycles. The Labute approximate surface area is 296 Å². The van der Waals surface area contributed by atoms with Crippen molar-refractivity contribution in [3.63, 3.8) is 0 Å². The summed E-state index contributed by atoms with van der Waals surface area (Å²) in [5, 5.41) is 11.9. The molecule has 0 aromatic heterocycles. The number of nitrogens with zero attached hydrogens (tertiary/aromatic N) is 2. The molecule has 0 heterocycles. The van der Waals surface area contributed by atoms with E-state index < -0.39 is 0 Å². The molecular formula is C42H63ClN2O3. The Morgan fingerprint density at radius 3 is 2.27 bits per heavy atom. The van der Waals surface area contributed by atoms with Crippen LogP contribution >= 0.6 is 11.6 Å². The van der Waals surface area contributed by atoms with Crippen molar-refractivity contribution in [2.24, 2.45) is 57.2 Å². The summed E-state index contributed by atoms with van der Waals surface area (Å²) in [6, 6.07) is 8.00. The van der Waals surface area contributed by atoms with Crippen LogP contribution in [0.4, 0.5) is 0 Å². The second kappa shape index (κ2) is 12.9. The first kappa shape index (κ1) is 36.3. The molecule has 0 spiro atoms. The summed E-state index contributed by atoms with van der Waals surface area (Å²) in [5.41, 5.74) is 3.68. The predicted molar refractivity (Wildman–Crippen MR) is 196 cm³/mol. The SMILES string of the molecule is CC(C)C1=C2C(CC1=O)[C@@H](C(=O)CN(CCN(C)C)Cc1ccc(Cl)cc1)C[C@]1(C)[C@@H]2CC[C@@H]2[C@@]3(C)CC[C@H](O)C(C)(C)[C@@H]3CC[C@]21C. The van der Waals surface area contributed by atoms with Crippen LogP contribution in [-0.2, 0) is 16.1 Å². The van der Waals surface area contributed by atoms with Gasteiger partial charge >= 0.3 is 0 Å². The molecular weight excluding hydrogens is 616 g/mol. The van der Waals surface area contributed by atoms with Gasteiger partial charge in [0.05, 0.1) is 12.6 Å². The lowest BCUT2D eigenvalue weighted by molar-refractivity contribution is -0.229. The smallest absolute Gasteiger partial charge is 0.159 e. The van der Waals surface area contributed by atoms with Crippen LogP contribution in [0, 0.1) is 57.2 Å². The number of allylic oxidation sites excluding steroid dienone is 2. The molecule has 4 saturated carbocycles. The van der Waals surface area contributed by atoms with E-state index in [0.29, 0.717) is 48.8 Å². The van der Waals surface area contributed by atoms with Gasteiger partial charge in [0.1, 0.15) is 0 Å². The van der Waals surface area contributed by atoms with Crippen molar-refractivity contribution in [3.8, 4) is 0 Å². The van der Waals surface area contributed by atoms with Gasteiger partial charge in [0.15, 0.2) is 11.6 Å². The lowest BCUT2D eigenvalue weighted by atomic mass is 9.33. The van der Waals surface area contributed by atoms with Crippen LogP contribution in [0.25, 0.3) is 0 Å². The summed E-state index contributed by atoms with van der Waals surface area (Å²) in [6.07, 6.45) is 7.67. The third-order valence-corrected chi connectivity index (χ3v) is 15.6. The van der Waals surface area contributed by atoms with Gasteiger partial charge in [-0.15, -0.1) is 0 Å². The lowest BCUT2D eigenvalue weighted by Gasteiger charge is -2.72. The fourth-order valence-corrected chi connectivity index (χ4v) is 12.8. The van der Waals surface area contributed by atoms with Gasteiger partial charge in [-0.3, -0.25) is 14.5 Å². The first-order valence-corrected chi connectivity index (χ1v) is 19.4. The summed E-state index contributed by atoms with van der Waals surface area (Å²) in [4.78, 5) is 33.3. The average molecular weight is 679 g/mol. The summed E-state index contributed by atoms with van der Waals surface area (Å²) >= 11 is 6.21. The van der Waals surface area contributed by atoms with Crippen LogP contribution in [0.15, 0.2) is 35.4 Å². The van der Waals surface area contributed by atoms with Crippen molar-refractivity contribution in [2.45, 2.75) is 112 Å². The quantitative estimate of drug-likeness (QED) is 0.284. The highest BCUT2D eigenvalue weighted by atomic mass is 35.5. The Hall–Kier alpha value is -1.53. The molecule has 9 atom stereocenters. The fourth-order valence-electron chi connectivity index (χ4n) is 12.7. The maximum Gasteiger partial charge on any atom is 0.159 e. The number of aliphatic hydroxyl groups excluding tert-OH is 1. The first-order chi connectivity index (χ1) is 22.4. The molecule has 1 aromatic rings. The minimum atomic E-state index is -0.240. The number of likely N-dealkylation sites (N-methyl/N-ethyl adjacent to an activating group) is 1. The molecule has 6 heteroatoms. The van der Waals surface area contributed by atoms with Crippen molar-refractivity contribution in [1.82, 2.24) is 9.80 Å². The third kappa shape index (κ3) is 5.79. The number of hydrogen-bond acceptors (Lipinski definition) is 5. The molecule has 266 valence electrons. The molecule has 0 amide bonds. The first-order valence-electron chi connectivity index (χ1n) is 19.0. The van der Waals surface area contributed by atoms with Crippen molar-refractivity contribution in [1.29, 1.82) is 0 Å².